The molecule has 1 heterocycles. The van der Waals surface area contributed by atoms with Crippen molar-refractivity contribution in [2.45, 2.75) is 22.8 Å². The lowest BCUT2D eigenvalue weighted by Gasteiger charge is -2.11. The van der Waals surface area contributed by atoms with Crippen molar-refractivity contribution in [1.82, 2.24) is 9.71 Å². The minimum Gasteiger partial charge on any atom is -0.377 e. The molecule has 0 spiro atoms. The molecule has 0 radical (unpaired) electrons. The molecule has 0 aliphatic carbocycles. The smallest absolute Gasteiger partial charge is 0.261 e. The molecule has 0 bridgehead atoms. The lowest BCUT2D eigenvalue weighted by atomic mass is 10.2. The maximum Gasteiger partial charge on any atom is 0.261 e. The summed E-state index contributed by atoms with van der Waals surface area (Å²) in [5.41, 5.74) is 1.74. The topological polar surface area (TPSA) is 117 Å². The van der Waals surface area contributed by atoms with Gasteiger partial charge in [0.1, 0.15) is 0 Å². The van der Waals surface area contributed by atoms with Crippen molar-refractivity contribution >= 4 is 59.8 Å². The summed E-state index contributed by atoms with van der Waals surface area (Å²) in [5.74, 6) is 0. The van der Waals surface area contributed by atoms with Crippen molar-refractivity contribution in [2.24, 2.45) is 0 Å². The molecule has 4 aromatic rings. The number of H-pyrrole nitrogens is 1. The SMILES string of the molecule is O=S(=O)(NCCCOCc1ccccc1)c1ccc(S(=O)(=O)Nc2ccc(Cl)c3c(Cl)c[nH]c23)cc1. The minimum absolute atomic E-state index is 0.0447. The first-order chi connectivity index (χ1) is 17.2. The Bertz CT molecular complexity index is 1560. The van der Waals surface area contributed by atoms with Gasteiger partial charge in [-0.1, -0.05) is 53.5 Å². The van der Waals surface area contributed by atoms with Crippen LogP contribution in [0.25, 0.3) is 10.9 Å². The third kappa shape index (κ3) is 6.20. The van der Waals surface area contributed by atoms with Crippen LogP contribution in [0.4, 0.5) is 5.69 Å². The van der Waals surface area contributed by atoms with Gasteiger partial charge in [0.05, 0.1) is 37.6 Å². The molecule has 0 atom stereocenters. The van der Waals surface area contributed by atoms with Crippen molar-refractivity contribution in [1.29, 1.82) is 0 Å². The summed E-state index contributed by atoms with van der Waals surface area (Å²) in [6, 6.07) is 17.7. The van der Waals surface area contributed by atoms with Crippen LogP contribution >= 0.6 is 23.2 Å². The average molecular weight is 569 g/mol. The van der Waals surface area contributed by atoms with Crippen LogP contribution in [0.3, 0.4) is 0 Å². The fraction of sp³-hybridized carbons (Fsp3) is 0.167. The van der Waals surface area contributed by atoms with Gasteiger partial charge in [-0.3, -0.25) is 4.72 Å². The number of sulfonamides is 2. The first-order valence-corrected chi connectivity index (χ1v) is 14.6. The molecular weight excluding hydrogens is 545 g/mol. The molecule has 0 amide bonds. The second-order valence-corrected chi connectivity index (χ2v) is 12.1. The molecule has 4 rings (SSSR count). The first kappa shape index (κ1) is 26.5. The minimum atomic E-state index is -4.01. The van der Waals surface area contributed by atoms with E-state index in [2.05, 4.69) is 14.4 Å². The molecule has 190 valence electrons. The highest BCUT2D eigenvalue weighted by atomic mass is 35.5. The number of benzene rings is 3. The van der Waals surface area contributed by atoms with E-state index in [0.29, 0.717) is 40.6 Å². The van der Waals surface area contributed by atoms with Crippen LogP contribution < -0.4 is 9.44 Å². The molecular formula is C24H23Cl2N3O5S2. The lowest BCUT2D eigenvalue weighted by molar-refractivity contribution is 0.119. The summed E-state index contributed by atoms with van der Waals surface area (Å²) < 4.78 is 61.5. The second-order valence-electron chi connectivity index (χ2n) is 7.85. The van der Waals surface area contributed by atoms with Gasteiger partial charge in [-0.25, -0.2) is 21.6 Å². The number of aromatic nitrogens is 1. The number of nitrogens with one attached hydrogen (secondary N) is 3. The van der Waals surface area contributed by atoms with E-state index in [1.807, 2.05) is 30.3 Å². The van der Waals surface area contributed by atoms with Gasteiger partial charge >= 0.3 is 0 Å². The Morgan fingerprint density at radius 3 is 2.17 bits per heavy atom. The van der Waals surface area contributed by atoms with Crippen LogP contribution in [0.5, 0.6) is 0 Å². The maximum atomic E-state index is 12.9. The molecule has 0 aliphatic rings. The van der Waals surface area contributed by atoms with Gasteiger partial charge in [-0.05, 0) is 48.4 Å². The van der Waals surface area contributed by atoms with Crippen molar-refractivity contribution in [3.05, 3.63) is 88.5 Å². The predicted octanol–water partition coefficient (Wildman–Crippen LogP) is 5.16. The van der Waals surface area contributed by atoms with Gasteiger partial charge in [-0.2, -0.15) is 0 Å². The fourth-order valence-corrected chi connectivity index (χ4v) is 6.19. The van der Waals surface area contributed by atoms with Gasteiger partial charge in [-0.15, -0.1) is 0 Å². The standard InChI is InChI=1S/C24H23Cl2N3O5S2/c25-20-11-12-22(24-23(20)21(26)15-27-24)29-36(32,33)19-9-7-18(8-10-19)35(30,31)28-13-4-14-34-16-17-5-2-1-3-6-17/h1-3,5-12,15,27-29H,4,13-14,16H2. The van der Waals surface area contributed by atoms with Gasteiger partial charge in [0, 0.05) is 24.7 Å². The van der Waals surface area contributed by atoms with Crippen molar-refractivity contribution < 1.29 is 21.6 Å². The van der Waals surface area contributed by atoms with Gasteiger partial charge < -0.3 is 9.72 Å². The summed E-state index contributed by atoms with van der Waals surface area (Å²) in [7, 11) is -7.82. The molecule has 0 fully saturated rings. The zero-order valence-corrected chi connectivity index (χ0v) is 22.0. The van der Waals surface area contributed by atoms with Crippen LogP contribution in [0.1, 0.15) is 12.0 Å². The molecule has 3 aromatic carbocycles. The average Bonchev–Trinajstić information content (AvgIpc) is 3.26. The number of halogens is 2. The molecule has 1 aromatic heterocycles. The van der Waals surface area contributed by atoms with Gasteiger partial charge in [0.25, 0.3) is 10.0 Å². The Hall–Kier alpha value is -2.60. The van der Waals surface area contributed by atoms with E-state index in [9.17, 15) is 16.8 Å². The zero-order chi connectivity index (χ0) is 25.8. The first-order valence-electron chi connectivity index (χ1n) is 10.9. The van der Waals surface area contributed by atoms with Crippen molar-refractivity contribution in [2.75, 3.05) is 17.9 Å². The largest absolute Gasteiger partial charge is 0.377 e. The van der Waals surface area contributed by atoms with Crippen molar-refractivity contribution in [3.8, 4) is 0 Å². The summed E-state index contributed by atoms with van der Waals surface area (Å²) in [6.07, 6.45) is 2.00. The molecule has 3 N–H and O–H groups in total. The summed E-state index contributed by atoms with van der Waals surface area (Å²) in [6.45, 7) is 1.03. The van der Waals surface area contributed by atoms with E-state index in [1.54, 1.807) is 0 Å². The van der Waals surface area contributed by atoms with Crippen LogP contribution in [0, 0.1) is 0 Å². The number of aromatic amines is 1. The molecule has 12 heteroatoms. The Kier molecular flexibility index (Phi) is 8.23. The molecule has 0 saturated carbocycles. The quantitative estimate of drug-likeness (QED) is 0.216. The number of ether oxygens (including phenoxy) is 1. The van der Waals surface area contributed by atoms with Gasteiger partial charge in [0.15, 0.2) is 0 Å². The van der Waals surface area contributed by atoms with E-state index in [0.717, 1.165) is 5.56 Å². The third-order valence-electron chi connectivity index (χ3n) is 5.29. The molecule has 0 unspecified atom stereocenters. The fourth-order valence-electron chi connectivity index (χ4n) is 3.48. The Balaban J connectivity index is 1.35. The van der Waals surface area contributed by atoms with Crippen LogP contribution in [-0.4, -0.2) is 35.0 Å². The Labute approximate surface area is 219 Å². The summed E-state index contributed by atoms with van der Waals surface area (Å²) in [5, 5.41) is 1.24. The van der Waals surface area contributed by atoms with Gasteiger partial charge in [0.2, 0.25) is 10.0 Å². The number of hydrogen-bond donors (Lipinski definition) is 3. The molecule has 0 saturated heterocycles. The third-order valence-corrected chi connectivity index (χ3v) is 8.77. The molecule has 8 nitrogen and oxygen atoms in total. The Morgan fingerprint density at radius 1 is 0.806 bits per heavy atom. The van der Waals surface area contributed by atoms with Crippen molar-refractivity contribution in [3.63, 3.8) is 0 Å². The normalized spacial score (nSPS) is 12.2. The summed E-state index contributed by atoms with van der Waals surface area (Å²) in [4.78, 5) is 2.76. The van der Waals surface area contributed by atoms with E-state index in [1.165, 1.54) is 42.6 Å². The summed E-state index contributed by atoms with van der Waals surface area (Å²) >= 11 is 12.3. The zero-order valence-electron chi connectivity index (χ0n) is 18.9. The Morgan fingerprint density at radius 2 is 1.47 bits per heavy atom. The van der Waals surface area contributed by atoms with Crippen LogP contribution in [-0.2, 0) is 31.4 Å². The number of fused-ring (bicyclic) bond motifs is 1. The van der Waals surface area contributed by atoms with Crippen LogP contribution in [0.2, 0.25) is 10.0 Å². The number of anilines is 1. The highest BCUT2D eigenvalue weighted by Crippen LogP contribution is 2.35. The van der Waals surface area contributed by atoms with E-state index in [4.69, 9.17) is 27.9 Å². The predicted molar refractivity (Wildman–Crippen MR) is 141 cm³/mol. The number of hydrogen-bond acceptors (Lipinski definition) is 5. The lowest BCUT2D eigenvalue weighted by Crippen LogP contribution is -2.25. The highest BCUT2D eigenvalue weighted by molar-refractivity contribution is 7.92. The number of rotatable bonds is 11. The monoisotopic (exact) mass is 567 g/mol. The molecule has 0 aliphatic heterocycles. The molecule has 36 heavy (non-hydrogen) atoms. The van der Waals surface area contributed by atoms with E-state index >= 15 is 0 Å². The van der Waals surface area contributed by atoms with E-state index in [-0.39, 0.29) is 22.0 Å². The maximum absolute atomic E-state index is 12.9. The van der Waals surface area contributed by atoms with Crippen LogP contribution in [0.15, 0.2) is 82.7 Å². The van der Waals surface area contributed by atoms with E-state index < -0.39 is 20.0 Å². The second kappa shape index (κ2) is 11.2. The highest BCUT2D eigenvalue weighted by Gasteiger charge is 2.20.